The van der Waals surface area contributed by atoms with Crippen LogP contribution in [-0.4, -0.2) is 52.1 Å². The van der Waals surface area contributed by atoms with Crippen LogP contribution < -0.4 is 44.1 Å². The summed E-state index contributed by atoms with van der Waals surface area (Å²) in [4.78, 5) is 2.92. The van der Waals surface area contributed by atoms with Crippen LogP contribution in [-0.2, 0) is 20.2 Å². The standard InChI is InChI=1S/C27H32N2O7S2.Na/c1-5-28(6-2)18-9-12-21-24(15-18)36-25-16-19(29(7-3)8-4)10-13-22(25)27(21)23-14-11-20(37(30,31)32)17-26(23)38(33,34)35;/h9-17,27H,5-8H2,1-4H3,(H,30,31,32)(H,33,34,35);/q;+1/p-1. The maximum absolute atomic E-state index is 12.5. The van der Waals surface area contributed by atoms with E-state index in [1.165, 1.54) is 6.07 Å². The molecule has 0 aromatic heterocycles. The molecule has 1 aliphatic rings. The fourth-order valence-electron chi connectivity index (χ4n) is 5.02. The summed E-state index contributed by atoms with van der Waals surface area (Å²) in [7, 11) is -9.85. The number of hydrogen-bond donors (Lipinski definition) is 1. The normalized spacial score (nSPS) is 13.1. The Kier molecular flexibility index (Phi) is 9.80. The number of ether oxygens (including phenoxy) is 1. The molecule has 12 heteroatoms. The van der Waals surface area contributed by atoms with Crippen molar-refractivity contribution in [1.82, 2.24) is 0 Å². The quantitative estimate of drug-likeness (QED) is 0.232. The fourth-order valence-corrected chi connectivity index (χ4v) is 6.36. The van der Waals surface area contributed by atoms with Crippen molar-refractivity contribution in [1.29, 1.82) is 0 Å². The third-order valence-corrected chi connectivity index (χ3v) is 8.70. The Bertz CT molecular complexity index is 1510. The minimum absolute atomic E-state index is 0. The Labute approximate surface area is 252 Å². The summed E-state index contributed by atoms with van der Waals surface area (Å²) in [6.07, 6.45) is 0. The summed E-state index contributed by atoms with van der Waals surface area (Å²) in [5.41, 5.74) is 3.28. The molecule has 3 aromatic carbocycles. The molecule has 0 amide bonds. The Morgan fingerprint density at radius 1 is 0.744 bits per heavy atom. The number of benzene rings is 3. The van der Waals surface area contributed by atoms with Crippen molar-refractivity contribution in [3.05, 3.63) is 71.3 Å². The Morgan fingerprint density at radius 3 is 1.56 bits per heavy atom. The first-order chi connectivity index (χ1) is 17.9. The van der Waals surface area contributed by atoms with Gasteiger partial charge in [0.1, 0.15) is 21.6 Å². The SMILES string of the molecule is CCN(CC)c1ccc2c(c1)Oc1cc(N(CC)CC)ccc1C2c1ccc(S(=O)(=O)[O-])cc1S(=O)(=O)O.[Na+]. The molecule has 0 bridgehead atoms. The maximum atomic E-state index is 12.5. The molecule has 0 saturated carbocycles. The van der Waals surface area contributed by atoms with Crippen LogP contribution in [0, 0.1) is 0 Å². The van der Waals surface area contributed by atoms with Crippen LogP contribution in [0.25, 0.3) is 0 Å². The largest absolute Gasteiger partial charge is 1.00 e. The van der Waals surface area contributed by atoms with Crippen molar-refractivity contribution in [2.75, 3.05) is 36.0 Å². The van der Waals surface area contributed by atoms with Gasteiger partial charge in [0.05, 0.1) is 9.79 Å². The van der Waals surface area contributed by atoms with E-state index in [1.807, 2.05) is 64.1 Å². The van der Waals surface area contributed by atoms with Crippen LogP contribution in [0.4, 0.5) is 11.4 Å². The smallest absolute Gasteiger partial charge is 0.744 e. The van der Waals surface area contributed by atoms with E-state index in [0.717, 1.165) is 49.7 Å². The zero-order valence-electron chi connectivity index (χ0n) is 22.7. The van der Waals surface area contributed by atoms with E-state index in [9.17, 15) is 25.9 Å². The van der Waals surface area contributed by atoms with Crippen molar-refractivity contribution in [2.45, 2.75) is 43.4 Å². The molecule has 1 heterocycles. The summed E-state index contributed by atoms with van der Waals surface area (Å²) >= 11 is 0. The van der Waals surface area contributed by atoms with Crippen molar-refractivity contribution < 1.29 is 60.2 Å². The van der Waals surface area contributed by atoms with Gasteiger partial charge in [-0.3, -0.25) is 4.55 Å². The Hall–Kier alpha value is -2.12. The van der Waals surface area contributed by atoms with Gasteiger partial charge in [0.25, 0.3) is 10.1 Å². The number of fused-ring (bicyclic) bond motifs is 2. The van der Waals surface area contributed by atoms with Gasteiger partial charge in [-0.1, -0.05) is 18.2 Å². The monoisotopic (exact) mass is 582 g/mol. The van der Waals surface area contributed by atoms with Gasteiger partial charge in [-0.25, -0.2) is 8.42 Å². The third kappa shape index (κ3) is 6.30. The van der Waals surface area contributed by atoms with E-state index < -0.39 is 35.9 Å². The number of nitrogens with zero attached hydrogens (tertiary/aromatic N) is 2. The van der Waals surface area contributed by atoms with E-state index in [4.69, 9.17) is 4.74 Å². The molecule has 9 nitrogen and oxygen atoms in total. The van der Waals surface area contributed by atoms with Gasteiger partial charge in [-0.2, -0.15) is 8.42 Å². The predicted octanol–water partition coefficient (Wildman–Crippen LogP) is 1.82. The molecule has 0 spiro atoms. The molecule has 0 saturated heterocycles. The molecule has 204 valence electrons. The summed E-state index contributed by atoms with van der Waals surface area (Å²) in [6.45, 7) is 11.3. The summed E-state index contributed by atoms with van der Waals surface area (Å²) < 4.78 is 76.3. The topological polar surface area (TPSA) is 127 Å². The first kappa shape index (κ1) is 31.4. The third-order valence-electron chi connectivity index (χ3n) is 6.96. The van der Waals surface area contributed by atoms with Crippen LogP contribution in [0.5, 0.6) is 11.5 Å². The molecule has 0 aliphatic carbocycles. The summed E-state index contributed by atoms with van der Waals surface area (Å²) in [6, 6.07) is 14.4. The van der Waals surface area contributed by atoms with Gasteiger partial charge in [0.15, 0.2) is 0 Å². The molecule has 4 rings (SSSR count). The Morgan fingerprint density at radius 2 is 1.18 bits per heavy atom. The predicted molar refractivity (Wildman–Crippen MR) is 145 cm³/mol. The Balaban J connectivity index is 0.00000420. The van der Waals surface area contributed by atoms with Crippen molar-refractivity contribution in [3.63, 3.8) is 0 Å². The van der Waals surface area contributed by atoms with Crippen LogP contribution in [0.1, 0.15) is 50.3 Å². The van der Waals surface area contributed by atoms with Crippen molar-refractivity contribution >= 4 is 31.6 Å². The van der Waals surface area contributed by atoms with Crippen LogP contribution in [0.3, 0.4) is 0 Å². The molecule has 0 unspecified atom stereocenters. The summed E-state index contributed by atoms with van der Waals surface area (Å²) in [5, 5.41) is 0. The zero-order chi connectivity index (χ0) is 27.8. The van der Waals surface area contributed by atoms with Gasteiger partial charge in [-0.15, -0.1) is 0 Å². The van der Waals surface area contributed by atoms with Gasteiger partial charge in [0.2, 0.25) is 0 Å². The average molecular weight is 583 g/mol. The first-order valence-electron chi connectivity index (χ1n) is 12.5. The van der Waals surface area contributed by atoms with Gasteiger partial charge >= 0.3 is 29.6 Å². The molecule has 1 aliphatic heterocycles. The maximum Gasteiger partial charge on any atom is 1.00 e. The van der Waals surface area contributed by atoms with Gasteiger partial charge in [-0.05, 0) is 57.5 Å². The van der Waals surface area contributed by atoms with E-state index in [-0.39, 0.29) is 35.1 Å². The van der Waals surface area contributed by atoms with E-state index in [2.05, 4.69) is 9.80 Å². The van der Waals surface area contributed by atoms with Crippen molar-refractivity contribution in [3.8, 4) is 11.5 Å². The van der Waals surface area contributed by atoms with Crippen LogP contribution in [0.2, 0.25) is 0 Å². The minimum Gasteiger partial charge on any atom is -0.744 e. The first-order valence-corrected chi connectivity index (χ1v) is 15.3. The minimum atomic E-state index is -4.96. The number of anilines is 2. The number of rotatable bonds is 9. The van der Waals surface area contributed by atoms with Crippen LogP contribution in [0.15, 0.2) is 64.4 Å². The molecule has 3 aromatic rings. The second-order valence-corrected chi connectivity index (χ2v) is 11.7. The van der Waals surface area contributed by atoms with E-state index in [1.54, 1.807) is 0 Å². The molecule has 39 heavy (non-hydrogen) atoms. The molecule has 0 atom stereocenters. The molecule has 0 fully saturated rings. The summed E-state index contributed by atoms with van der Waals surface area (Å²) in [5.74, 6) is 0.321. The molecular formula is C27H31N2NaO7S2. The average Bonchev–Trinajstić information content (AvgIpc) is 2.87. The van der Waals surface area contributed by atoms with Gasteiger partial charge in [0, 0.05) is 66.7 Å². The van der Waals surface area contributed by atoms with E-state index >= 15 is 0 Å². The van der Waals surface area contributed by atoms with Gasteiger partial charge < -0.3 is 19.1 Å². The fraction of sp³-hybridized carbons (Fsp3) is 0.333. The molecular weight excluding hydrogens is 551 g/mol. The molecule has 1 N–H and O–H groups in total. The van der Waals surface area contributed by atoms with Crippen molar-refractivity contribution in [2.24, 2.45) is 0 Å². The van der Waals surface area contributed by atoms with Crippen LogP contribution >= 0.6 is 0 Å². The van der Waals surface area contributed by atoms with E-state index in [0.29, 0.717) is 22.6 Å². The zero-order valence-corrected chi connectivity index (χ0v) is 26.3. The second-order valence-electron chi connectivity index (χ2n) is 8.95. The molecule has 0 radical (unpaired) electrons. The number of hydrogen-bond acceptors (Lipinski definition) is 8. The second kappa shape index (κ2) is 12.2.